The Balaban J connectivity index is 2.09. The minimum Gasteiger partial charge on any atom is -0.480 e. The second-order valence-electron chi connectivity index (χ2n) is 6.27. The van der Waals surface area contributed by atoms with Crippen molar-refractivity contribution >= 4 is 22.9 Å². The van der Waals surface area contributed by atoms with Crippen molar-refractivity contribution in [2.24, 2.45) is 0 Å². The number of carboxylic acids is 1. The van der Waals surface area contributed by atoms with E-state index in [-0.39, 0.29) is 0 Å². The molecule has 0 fully saturated rings. The molecule has 2 N–H and O–H groups in total. The number of carboxylic acid groups (broad SMARTS) is 1. The number of nitrogens with one attached hydrogen (secondary N) is 1. The van der Waals surface area contributed by atoms with Gasteiger partial charge in [0.2, 0.25) is 0 Å². The van der Waals surface area contributed by atoms with Gasteiger partial charge < -0.3 is 10.4 Å². The van der Waals surface area contributed by atoms with E-state index in [1.165, 1.54) is 0 Å². The standard InChI is InChI=1S/C20H22N4O3/c1-3-8-16(20(26)27)23-19(25)14-11-17(13-9-6-5-7-10-13)22-18-15(14)12-21-24(18)4-2/h5-7,9-12,16H,3-4,8H2,1-2H3,(H,23,25)(H,26,27). The van der Waals surface area contributed by atoms with Crippen molar-refractivity contribution in [3.63, 3.8) is 0 Å². The van der Waals surface area contributed by atoms with Gasteiger partial charge in [0.1, 0.15) is 6.04 Å². The Morgan fingerprint density at radius 2 is 1.96 bits per heavy atom. The Morgan fingerprint density at radius 3 is 2.59 bits per heavy atom. The highest BCUT2D eigenvalue weighted by Crippen LogP contribution is 2.25. The lowest BCUT2D eigenvalue weighted by Crippen LogP contribution is -2.40. The van der Waals surface area contributed by atoms with Gasteiger partial charge in [0.05, 0.1) is 22.8 Å². The number of pyridine rings is 1. The van der Waals surface area contributed by atoms with E-state index < -0.39 is 17.9 Å². The molecule has 3 rings (SSSR count). The van der Waals surface area contributed by atoms with E-state index in [1.807, 2.05) is 44.2 Å². The van der Waals surface area contributed by atoms with Crippen LogP contribution in [0, 0.1) is 0 Å². The van der Waals surface area contributed by atoms with Crippen molar-refractivity contribution in [2.75, 3.05) is 0 Å². The number of aromatic nitrogens is 3. The number of hydrogen-bond acceptors (Lipinski definition) is 4. The van der Waals surface area contributed by atoms with E-state index in [2.05, 4.69) is 15.4 Å². The molecular formula is C20H22N4O3. The summed E-state index contributed by atoms with van der Waals surface area (Å²) in [7, 11) is 0. The van der Waals surface area contributed by atoms with E-state index in [9.17, 15) is 14.7 Å². The van der Waals surface area contributed by atoms with Crippen LogP contribution < -0.4 is 5.32 Å². The van der Waals surface area contributed by atoms with Crippen molar-refractivity contribution in [1.82, 2.24) is 20.1 Å². The summed E-state index contributed by atoms with van der Waals surface area (Å²) in [6, 6.07) is 10.3. The maximum atomic E-state index is 12.9. The maximum absolute atomic E-state index is 12.9. The quantitative estimate of drug-likeness (QED) is 0.670. The molecule has 0 spiro atoms. The summed E-state index contributed by atoms with van der Waals surface area (Å²) in [6.45, 7) is 4.44. The Bertz CT molecular complexity index is 966. The number of fused-ring (bicyclic) bond motifs is 1. The number of aryl methyl sites for hydroxylation is 1. The van der Waals surface area contributed by atoms with Crippen molar-refractivity contribution in [1.29, 1.82) is 0 Å². The third-order valence-electron chi connectivity index (χ3n) is 4.40. The molecule has 1 amide bonds. The number of nitrogens with zero attached hydrogens (tertiary/aromatic N) is 3. The monoisotopic (exact) mass is 366 g/mol. The zero-order valence-corrected chi connectivity index (χ0v) is 15.3. The number of rotatable bonds is 7. The summed E-state index contributed by atoms with van der Waals surface area (Å²) in [5.41, 5.74) is 2.50. The zero-order valence-electron chi connectivity index (χ0n) is 15.3. The molecule has 7 heteroatoms. The first kappa shape index (κ1) is 18.6. The number of carbonyl (C=O) groups is 2. The van der Waals surface area contributed by atoms with Crippen LogP contribution >= 0.6 is 0 Å². The van der Waals surface area contributed by atoms with Gasteiger partial charge in [0.15, 0.2) is 5.65 Å². The number of carbonyl (C=O) groups excluding carboxylic acids is 1. The third kappa shape index (κ3) is 3.81. The first-order valence-electron chi connectivity index (χ1n) is 9.00. The second kappa shape index (κ2) is 7.99. The Labute approximate surface area is 157 Å². The molecule has 0 radical (unpaired) electrons. The zero-order chi connectivity index (χ0) is 19.4. The van der Waals surface area contributed by atoms with E-state index in [0.29, 0.717) is 41.7 Å². The Kier molecular flexibility index (Phi) is 5.49. The Hall–Kier alpha value is -3.22. The molecule has 3 aromatic rings. The van der Waals surface area contributed by atoms with Crippen LogP contribution in [0.25, 0.3) is 22.3 Å². The molecule has 2 aromatic heterocycles. The molecular weight excluding hydrogens is 344 g/mol. The molecule has 2 heterocycles. The van der Waals surface area contributed by atoms with Crippen molar-refractivity contribution in [3.05, 3.63) is 48.2 Å². The summed E-state index contributed by atoms with van der Waals surface area (Å²) in [4.78, 5) is 29.0. The van der Waals surface area contributed by atoms with Gasteiger partial charge in [0.25, 0.3) is 5.91 Å². The topological polar surface area (TPSA) is 97.1 Å². The van der Waals surface area contributed by atoms with Gasteiger partial charge in [-0.05, 0) is 19.4 Å². The lowest BCUT2D eigenvalue weighted by atomic mass is 10.1. The largest absolute Gasteiger partial charge is 0.480 e. The Morgan fingerprint density at radius 1 is 1.22 bits per heavy atom. The molecule has 0 aliphatic heterocycles. The predicted molar refractivity (Wildman–Crippen MR) is 102 cm³/mol. The van der Waals surface area contributed by atoms with Gasteiger partial charge >= 0.3 is 5.97 Å². The lowest BCUT2D eigenvalue weighted by molar-refractivity contribution is -0.139. The highest BCUT2D eigenvalue weighted by Gasteiger charge is 2.23. The van der Waals surface area contributed by atoms with Crippen LogP contribution in [-0.2, 0) is 11.3 Å². The maximum Gasteiger partial charge on any atom is 0.326 e. The second-order valence-corrected chi connectivity index (χ2v) is 6.27. The third-order valence-corrected chi connectivity index (χ3v) is 4.40. The summed E-state index contributed by atoms with van der Waals surface area (Å²) in [6.07, 6.45) is 2.63. The summed E-state index contributed by atoms with van der Waals surface area (Å²) in [5.74, 6) is -1.47. The number of amides is 1. The van der Waals surface area contributed by atoms with Gasteiger partial charge in [0, 0.05) is 12.1 Å². The van der Waals surface area contributed by atoms with Crippen molar-refractivity contribution in [3.8, 4) is 11.3 Å². The van der Waals surface area contributed by atoms with Crippen molar-refractivity contribution < 1.29 is 14.7 Å². The van der Waals surface area contributed by atoms with Crippen LogP contribution in [0.3, 0.4) is 0 Å². The summed E-state index contributed by atoms with van der Waals surface area (Å²) in [5, 5.41) is 16.9. The molecule has 0 aliphatic rings. The lowest BCUT2D eigenvalue weighted by Gasteiger charge is -2.14. The molecule has 27 heavy (non-hydrogen) atoms. The molecule has 0 saturated heterocycles. The van der Waals surface area contributed by atoms with Gasteiger partial charge in [-0.2, -0.15) is 5.10 Å². The van der Waals surface area contributed by atoms with Crippen LogP contribution in [0.1, 0.15) is 37.0 Å². The SMILES string of the molecule is CCCC(NC(=O)c1cc(-c2ccccc2)nc2c1cnn2CC)C(=O)O. The fraction of sp³-hybridized carbons (Fsp3) is 0.300. The normalized spacial score (nSPS) is 12.1. The number of aliphatic carboxylic acids is 1. The van der Waals surface area contributed by atoms with E-state index >= 15 is 0 Å². The minimum absolute atomic E-state index is 0.370. The van der Waals surface area contributed by atoms with Crippen LogP contribution in [0.15, 0.2) is 42.6 Å². The molecule has 1 aromatic carbocycles. The first-order valence-corrected chi connectivity index (χ1v) is 9.00. The molecule has 7 nitrogen and oxygen atoms in total. The van der Waals surface area contributed by atoms with Crippen LogP contribution in [0.2, 0.25) is 0 Å². The first-order chi connectivity index (χ1) is 13.0. The van der Waals surface area contributed by atoms with E-state index in [1.54, 1.807) is 16.9 Å². The summed E-state index contributed by atoms with van der Waals surface area (Å²) >= 11 is 0. The average Bonchev–Trinajstić information content (AvgIpc) is 3.10. The van der Waals surface area contributed by atoms with Gasteiger partial charge in [-0.25, -0.2) is 14.5 Å². The summed E-state index contributed by atoms with van der Waals surface area (Å²) < 4.78 is 1.72. The molecule has 0 bridgehead atoms. The van der Waals surface area contributed by atoms with E-state index in [0.717, 1.165) is 5.56 Å². The smallest absolute Gasteiger partial charge is 0.326 e. The highest BCUT2D eigenvalue weighted by atomic mass is 16.4. The molecule has 0 saturated carbocycles. The van der Waals surface area contributed by atoms with E-state index in [4.69, 9.17) is 0 Å². The fourth-order valence-corrected chi connectivity index (χ4v) is 3.01. The molecule has 1 unspecified atom stereocenters. The minimum atomic E-state index is -1.04. The predicted octanol–water partition coefficient (Wildman–Crippen LogP) is 3.10. The van der Waals surface area contributed by atoms with Gasteiger partial charge in [-0.1, -0.05) is 43.7 Å². The molecule has 140 valence electrons. The average molecular weight is 366 g/mol. The number of benzene rings is 1. The highest BCUT2D eigenvalue weighted by molar-refractivity contribution is 6.07. The fourth-order valence-electron chi connectivity index (χ4n) is 3.01. The van der Waals surface area contributed by atoms with Gasteiger partial charge in [-0.3, -0.25) is 4.79 Å². The molecule has 1 atom stereocenters. The van der Waals surface area contributed by atoms with Gasteiger partial charge in [-0.15, -0.1) is 0 Å². The number of hydrogen-bond donors (Lipinski definition) is 2. The van der Waals surface area contributed by atoms with Crippen molar-refractivity contribution in [2.45, 2.75) is 39.3 Å². The van der Waals surface area contributed by atoms with Crippen LogP contribution in [0.4, 0.5) is 0 Å². The van der Waals surface area contributed by atoms with Crippen LogP contribution in [-0.4, -0.2) is 37.8 Å². The van der Waals surface area contributed by atoms with Crippen LogP contribution in [0.5, 0.6) is 0 Å². The molecule has 0 aliphatic carbocycles.